The Morgan fingerprint density at radius 3 is 2.37 bits per heavy atom. The van der Waals surface area contributed by atoms with E-state index >= 15 is 0 Å². The van der Waals surface area contributed by atoms with Crippen molar-refractivity contribution >= 4 is 39.1 Å². The van der Waals surface area contributed by atoms with Crippen molar-refractivity contribution in [2.45, 2.75) is 11.3 Å². The molecule has 1 amide bonds. The molecule has 17 heteroatoms. The maximum Gasteiger partial charge on any atom is 0.349 e. The lowest BCUT2D eigenvalue weighted by atomic mass is 10.3. The van der Waals surface area contributed by atoms with Crippen molar-refractivity contribution < 1.29 is 31.8 Å². The smallest absolute Gasteiger partial charge is 0.349 e. The Kier molecular flexibility index (Phi) is 7.47. The number of phenols is 1. The van der Waals surface area contributed by atoms with Crippen LogP contribution in [0, 0.1) is 0 Å². The van der Waals surface area contributed by atoms with E-state index in [2.05, 4.69) is 5.10 Å². The van der Waals surface area contributed by atoms with Gasteiger partial charge in [-0.15, -0.1) is 0 Å². The third-order valence-corrected chi connectivity index (χ3v) is 7.91. The fourth-order valence-electron chi connectivity index (χ4n) is 3.46. The van der Waals surface area contributed by atoms with E-state index in [4.69, 9.17) is 27.9 Å². The molecule has 1 saturated heterocycles. The predicted molar refractivity (Wildman–Crippen MR) is 130 cm³/mol. The highest BCUT2D eigenvalue weighted by Gasteiger charge is 2.33. The largest absolute Gasteiger partial charge is 0.507 e. The summed E-state index contributed by atoms with van der Waals surface area (Å²) in [6.45, 7) is -0.230. The van der Waals surface area contributed by atoms with Crippen LogP contribution < -0.4 is 16.0 Å². The standard InChI is InChI=1S/C21H17Cl2F2N5O7S/c1-28-4-5-29(9-16(28)32)38(35,36)15-8-11(2-3-14(15)31)37-18-12(22)6-10(7-13(18)23)30-21(34)26-20(33)17(27-30)19(24)25/h2-3,6-8,19,31H,4-5,9H2,1H3,(H,26,33,34). The van der Waals surface area contributed by atoms with Crippen molar-refractivity contribution in [1.29, 1.82) is 0 Å². The number of sulfonamides is 1. The number of aromatic hydroxyl groups is 1. The number of carbonyl (C=O) groups is 1. The van der Waals surface area contributed by atoms with Gasteiger partial charge in [0.15, 0.2) is 11.4 Å². The number of halogens is 4. The van der Waals surface area contributed by atoms with Crippen molar-refractivity contribution in [3.63, 3.8) is 0 Å². The summed E-state index contributed by atoms with van der Waals surface area (Å²) < 4.78 is 59.4. The molecule has 0 radical (unpaired) electrons. The average Bonchev–Trinajstić information content (AvgIpc) is 2.83. The number of hydrogen-bond acceptors (Lipinski definition) is 8. The van der Waals surface area contributed by atoms with E-state index in [1.807, 2.05) is 0 Å². The number of ether oxygens (including phenoxy) is 1. The number of aromatic nitrogens is 3. The van der Waals surface area contributed by atoms with Gasteiger partial charge in [-0.25, -0.2) is 22.0 Å². The third-order valence-electron chi connectivity index (χ3n) is 5.48. The van der Waals surface area contributed by atoms with E-state index in [0.29, 0.717) is 4.68 Å². The summed E-state index contributed by atoms with van der Waals surface area (Å²) in [6.07, 6.45) is -3.26. The van der Waals surface area contributed by atoms with Crippen LogP contribution in [0.25, 0.3) is 5.69 Å². The zero-order valence-corrected chi connectivity index (χ0v) is 21.5. The third kappa shape index (κ3) is 5.22. The first-order valence-corrected chi connectivity index (χ1v) is 12.7. The van der Waals surface area contributed by atoms with Crippen molar-refractivity contribution in [2.75, 3.05) is 26.7 Å². The van der Waals surface area contributed by atoms with E-state index in [0.717, 1.165) is 28.6 Å². The molecule has 0 unspecified atom stereocenters. The Morgan fingerprint density at radius 2 is 1.76 bits per heavy atom. The molecule has 0 spiro atoms. The van der Waals surface area contributed by atoms with Gasteiger partial charge in [0.1, 0.15) is 16.4 Å². The highest BCUT2D eigenvalue weighted by molar-refractivity contribution is 7.89. The quantitative estimate of drug-likeness (QED) is 0.441. The number of piperazine rings is 1. The normalized spacial score (nSPS) is 14.8. The number of hydrogen-bond donors (Lipinski definition) is 2. The van der Waals surface area contributed by atoms with Gasteiger partial charge in [-0.05, 0) is 24.3 Å². The summed E-state index contributed by atoms with van der Waals surface area (Å²) in [7, 11) is -2.75. The zero-order valence-electron chi connectivity index (χ0n) is 19.2. The Hall–Kier alpha value is -3.53. The minimum atomic E-state index is -4.29. The number of H-pyrrole nitrogens is 1. The van der Waals surface area contributed by atoms with E-state index in [1.165, 1.54) is 18.0 Å². The number of alkyl halides is 2. The van der Waals surface area contributed by atoms with Gasteiger partial charge in [0.2, 0.25) is 15.9 Å². The monoisotopic (exact) mass is 591 g/mol. The van der Waals surface area contributed by atoms with Crippen LogP contribution in [0.2, 0.25) is 10.0 Å². The second-order valence-electron chi connectivity index (χ2n) is 7.98. The minimum absolute atomic E-state index is 0.0135. The molecular formula is C21H17Cl2F2N5O7S. The van der Waals surface area contributed by atoms with Gasteiger partial charge in [0.05, 0.1) is 22.3 Å². The van der Waals surface area contributed by atoms with Crippen LogP contribution >= 0.6 is 23.2 Å². The minimum Gasteiger partial charge on any atom is -0.507 e. The second-order valence-corrected chi connectivity index (χ2v) is 10.7. The second kappa shape index (κ2) is 10.3. The zero-order chi connectivity index (χ0) is 27.9. The lowest BCUT2D eigenvalue weighted by Gasteiger charge is -2.31. The number of aromatic amines is 1. The lowest BCUT2D eigenvalue weighted by Crippen LogP contribution is -2.50. The fraction of sp³-hybridized carbons (Fsp3) is 0.238. The fourth-order valence-corrected chi connectivity index (χ4v) is 5.49. The summed E-state index contributed by atoms with van der Waals surface area (Å²) in [5, 5.41) is 13.1. The number of phenolic OH excluding ortho intramolecular Hbond substituents is 1. The maximum absolute atomic E-state index is 13.1. The van der Waals surface area contributed by atoms with Gasteiger partial charge < -0.3 is 14.7 Å². The van der Waals surface area contributed by atoms with E-state index in [9.17, 15) is 36.7 Å². The van der Waals surface area contributed by atoms with Crippen molar-refractivity contribution in [3.8, 4) is 22.9 Å². The summed E-state index contributed by atoms with van der Waals surface area (Å²) in [5.74, 6) is -1.32. The molecule has 2 N–H and O–H groups in total. The van der Waals surface area contributed by atoms with Gasteiger partial charge in [0, 0.05) is 26.2 Å². The van der Waals surface area contributed by atoms with Crippen LogP contribution in [-0.2, 0) is 14.8 Å². The number of benzene rings is 2. The molecule has 3 aromatic rings. The van der Waals surface area contributed by atoms with Crippen molar-refractivity contribution in [1.82, 2.24) is 24.0 Å². The molecule has 0 saturated carbocycles. The van der Waals surface area contributed by atoms with Gasteiger partial charge in [-0.1, -0.05) is 23.2 Å². The van der Waals surface area contributed by atoms with Crippen LogP contribution in [0.4, 0.5) is 8.78 Å². The van der Waals surface area contributed by atoms with Gasteiger partial charge in [-0.3, -0.25) is 14.6 Å². The molecule has 1 aliphatic rings. The number of carbonyl (C=O) groups excluding carboxylic acids is 1. The van der Waals surface area contributed by atoms with Crippen LogP contribution in [0.1, 0.15) is 12.1 Å². The number of likely N-dealkylation sites (N-methyl/N-ethyl adjacent to an activating group) is 1. The first kappa shape index (κ1) is 27.5. The summed E-state index contributed by atoms with van der Waals surface area (Å²) in [6, 6.07) is 5.49. The molecule has 2 aromatic carbocycles. The van der Waals surface area contributed by atoms with E-state index in [1.54, 1.807) is 4.98 Å². The predicted octanol–water partition coefficient (Wildman–Crippen LogP) is 2.13. The first-order valence-electron chi connectivity index (χ1n) is 10.6. The molecule has 4 rings (SSSR count). The van der Waals surface area contributed by atoms with Gasteiger partial charge >= 0.3 is 5.69 Å². The van der Waals surface area contributed by atoms with Gasteiger partial charge in [-0.2, -0.15) is 14.1 Å². The van der Waals surface area contributed by atoms with E-state index < -0.39 is 56.5 Å². The van der Waals surface area contributed by atoms with Crippen LogP contribution in [0.5, 0.6) is 17.2 Å². The summed E-state index contributed by atoms with van der Waals surface area (Å²) >= 11 is 12.5. The SMILES string of the molecule is CN1CCN(S(=O)(=O)c2cc(Oc3c(Cl)cc(-n4nc(C(F)F)c(=O)[nH]c4=O)cc3Cl)ccc2O)CC1=O. The number of nitrogens with zero attached hydrogens (tertiary/aromatic N) is 4. The van der Waals surface area contributed by atoms with Crippen molar-refractivity contribution in [3.05, 3.63) is 66.9 Å². The Balaban J connectivity index is 1.68. The molecular weight excluding hydrogens is 575 g/mol. The summed E-state index contributed by atoms with van der Waals surface area (Å²) in [4.78, 5) is 38.2. The first-order chi connectivity index (χ1) is 17.8. The maximum atomic E-state index is 13.1. The molecule has 12 nitrogen and oxygen atoms in total. The summed E-state index contributed by atoms with van der Waals surface area (Å²) in [5.41, 5.74) is -3.85. The number of nitrogens with one attached hydrogen (secondary N) is 1. The average molecular weight is 592 g/mol. The van der Waals surface area contributed by atoms with Crippen LogP contribution in [-0.4, -0.2) is 70.1 Å². The highest BCUT2D eigenvalue weighted by atomic mass is 35.5. The molecule has 1 aromatic heterocycles. The van der Waals surface area contributed by atoms with Gasteiger partial charge in [0.25, 0.3) is 12.0 Å². The Morgan fingerprint density at radius 1 is 1.11 bits per heavy atom. The molecule has 2 heterocycles. The molecule has 202 valence electrons. The molecule has 0 aliphatic carbocycles. The number of amides is 1. The van der Waals surface area contributed by atoms with Crippen LogP contribution in [0.15, 0.2) is 44.8 Å². The van der Waals surface area contributed by atoms with Crippen LogP contribution in [0.3, 0.4) is 0 Å². The molecule has 0 atom stereocenters. The molecule has 0 bridgehead atoms. The van der Waals surface area contributed by atoms with E-state index in [-0.39, 0.29) is 40.3 Å². The van der Waals surface area contributed by atoms with Crippen molar-refractivity contribution in [2.24, 2.45) is 0 Å². The number of rotatable bonds is 6. The Labute approximate surface area is 222 Å². The molecule has 38 heavy (non-hydrogen) atoms. The molecule has 1 aliphatic heterocycles. The topological polar surface area (TPSA) is 155 Å². The highest BCUT2D eigenvalue weighted by Crippen LogP contribution is 2.40. The lowest BCUT2D eigenvalue weighted by molar-refractivity contribution is -0.132. The molecule has 1 fully saturated rings. The Bertz CT molecular complexity index is 1640.